The number of carbonyl (C=O) groups is 2. The van der Waals surface area contributed by atoms with Crippen LogP contribution >= 0.6 is 0 Å². The van der Waals surface area contributed by atoms with Crippen LogP contribution in [0, 0.1) is 11.8 Å². The fourth-order valence-corrected chi connectivity index (χ4v) is 4.13. The Morgan fingerprint density at radius 1 is 1.12 bits per heavy atom. The number of piperidine rings is 1. The second kappa shape index (κ2) is 6.57. The van der Waals surface area contributed by atoms with Crippen LogP contribution in [0.4, 0.5) is 0 Å². The third-order valence-electron chi connectivity index (χ3n) is 5.99. The van der Waals surface area contributed by atoms with Crippen molar-refractivity contribution in [2.45, 2.75) is 57.4 Å². The van der Waals surface area contributed by atoms with E-state index in [1.165, 1.54) is 17.7 Å². The quantitative estimate of drug-likeness (QED) is 0.880. The fourth-order valence-electron chi connectivity index (χ4n) is 4.13. The first kappa shape index (κ1) is 15.7. The lowest BCUT2D eigenvalue weighted by Gasteiger charge is -2.36. The number of aryl methyl sites for hydroxylation is 1. The highest BCUT2D eigenvalue weighted by molar-refractivity contribution is 5.81. The summed E-state index contributed by atoms with van der Waals surface area (Å²) in [6.07, 6.45) is 9.56. The number of likely N-dealkylation sites (tertiary alicyclic amines) is 1. The van der Waals surface area contributed by atoms with Crippen LogP contribution in [0.5, 0.6) is 0 Å². The van der Waals surface area contributed by atoms with Gasteiger partial charge in [-0.05, 0) is 50.5 Å². The number of hydrogen-bond acceptors (Lipinski definition) is 3. The molecule has 24 heavy (non-hydrogen) atoms. The van der Waals surface area contributed by atoms with Crippen LogP contribution in [-0.2, 0) is 22.4 Å². The molecule has 130 valence electrons. The SMILES string of the molecule is O=C(N[C@H]1CCc2[nH]ncc2C1)C1CCN(C(=O)C2CCC2)CC1. The predicted octanol–water partition coefficient (Wildman–Crippen LogP) is 1.42. The van der Waals surface area contributed by atoms with Gasteiger partial charge in [-0.3, -0.25) is 14.7 Å². The first-order valence-electron chi connectivity index (χ1n) is 9.31. The van der Waals surface area contributed by atoms with Crippen molar-refractivity contribution in [1.82, 2.24) is 20.4 Å². The monoisotopic (exact) mass is 330 g/mol. The molecule has 1 aliphatic heterocycles. The van der Waals surface area contributed by atoms with Gasteiger partial charge in [-0.25, -0.2) is 0 Å². The van der Waals surface area contributed by atoms with Gasteiger partial charge in [0.25, 0.3) is 0 Å². The molecule has 0 aromatic carbocycles. The molecule has 6 heteroatoms. The molecule has 1 saturated carbocycles. The molecule has 1 aromatic rings. The Morgan fingerprint density at radius 3 is 2.62 bits per heavy atom. The van der Waals surface area contributed by atoms with Crippen molar-refractivity contribution in [2.24, 2.45) is 11.8 Å². The lowest BCUT2D eigenvalue weighted by Crippen LogP contribution is -2.48. The molecule has 0 unspecified atom stereocenters. The summed E-state index contributed by atoms with van der Waals surface area (Å²) in [5.74, 6) is 0.811. The Labute approximate surface area is 142 Å². The minimum Gasteiger partial charge on any atom is -0.353 e. The molecule has 3 aliphatic rings. The molecule has 1 saturated heterocycles. The zero-order valence-corrected chi connectivity index (χ0v) is 14.1. The first-order chi connectivity index (χ1) is 11.7. The first-order valence-corrected chi connectivity index (χ1v) is 9.31. The van der Waals surface area contributed by atoms with Gasteiger partial charge in [0.2, 0.25) is 11.8 Å². The standard InChI is InChI=1S/C18H26N4O2/c23-17(20-15-4-5-16-14(10-15)11-19-21-16)12-6-8-22(9-7-12)18(24)13-2-1-3-13/h11-13,15H,1-10H2,(H,19,21)(H,20,23)/t15-/m0/s1. The number of hydrogen-bond donors (Lipinski definition) is 2. The number of carbonyl (C=O) groups excluding carboxylic acids is 2. The van der Waals surface area contributed by atoms with Crippen LogP contribution in [0.2, 0.25) is 0 Å². The summed E-state index contributed by atoms with van der Waals surface area (Å²) in [5, 5.41) is 10.3. The van der Waals surface area contributed by atoms with Gasteiger partial charge >= 0.3 is 0 Å². The third kappa shape index (κ3) is 3.06. The van der Waals surface area contributed by atoms with Crippen molar-refractivity contribution in [3.05, 3.63) is 17.5 Å². The largest absolute Gasteiger partial charge is 0.353 e. The number of nitrogens with zero attached hydrogens (tertiary/aromatic N) is 2. The van der Waals surface area contributed by atoms with Crippen LogP contribution in [0.1, 0.15) is 49.8 Å². The Bertz CT molecular complexity index is 614. The van der Waals surface area contributed by atoms with E-state index >= 15 is 0 Å². The van der Waals surface area contributed by atoms with Crippen molar-refractivity contribution in [3.8, 4) is 0 Å². The maximum absolute atomic E-state index is 12.6. The van der Waals surface area contributed by atoms with Crippen molar-refractivity contribution in [2.75, 3.05) is 13.1 Å². The topological polar surface area (TPSA) is 78.1 Å². The van der Waals surface area contributed by atoms with E-state index in [1.807, 2.05) is 11.1 Å². The Balaban J connectivity index is 1.25. The van der Waals surface area contributed by atoms with Crippen LogP contribution in [0.3, 0.4) is 0 Å². The number of fused-ring (bicyclic) bond motifs is 1. The highest BCUT2D eigenvalue weighted by Crippen LogP contribution is 2.30. The second-order valence-corrected chi connectivity index (χ2v) is 7.55. The number of aromatic nitrogens is 2. The lowest BCUT2D eigenvalue weighted by molar-refractivity contribution is -0.141. The van der Waals surface area contributed by atoms with Crippen molar-refractivity contribution in [1.29, 1.82) is 0 Å². The molecule has 2 N–H and O–H groups in total. The summed E-state index contributed by atoms with van der Waals surface area (Å²) in [6, 6.07) is 0.220. The number of rotatable bonds is 3. The van der Waals surface area contributed by atoms with E-state index in [4.69, 9.17) is 0 Å². The summed E-state index contributed by atoms with van der Waals surface area (Å²) < 4.78 is 0. The zero-order chi connectivity index (χ0) is 16.5. The van der Waals surface area contributed by atoms with Gasteiger partial charge < -0.3 is 10.2 Å². The molecule has 2 aliphatic carbocycles. The molecule has 2 fully saturated rings. The van der Waals surface area contributed by atoms with E-state index in [2.05, 4.69) is 15.5 Å². The van der Waals surface area contributed by atoms with Gasteiger partial charge in [-0.1, -0.05) is 6.42 Å². The molecule has 2 heterocycles. The van der Waals surface area contributed by atoms with Gasteiger partial charge in [0.1, 0.15) is 0 Å². The maximum atomic E-state index is 12.6. The second-order valence-electron chi connectivity index (χ2n) is 7.55. The number of nitrogens with one attached hydrogen (secondary N) is 2. The highest BCUT2D eigenvalue weighted by atomic mass is 16.2. The Hall–Kier alpha value is -1.85. The number of amides is 2. The molecule has 6 nitrogen and oxygen atoms in total. The summed E-state index contributed by atoms with van der Waals surface area (Å²) in [7, 11) is 0. The maximum Gasteiger partial charge on any atom is 0.225 e. The third-order valence-corrected chi connectivity index (χ3v) is 5.99. The van der Waals surface area contributed by atoms with Gasteiger partial charge in [0.05, 0.1) is 6.20 Å². The van der Waals surface area contributed by atoms with E-state index in [0.29, 0.717) is 5.91 Å². The van der Waals surface area contributed by atoms with Gasteiger partial charge in [-0.2, -0.15) is 5.10 Å². The summed E-state index contributed by atoms with van der Waals surface area (Å²) in [4.78, 5) is 26.8. The predicted molar refractivity (Wildman–Crippen MR) is 89.2 cm³/mol. The summed E-state index contributed by atoms with van der Waals surface area (Å²) >= 11 is 0. The molecular formula is C18H26N4O2. The summed E-state index contributed by atoms with van der Waals surface area (Å²) in [5.41, 5.74) is 2.44. The van der Waals surface area contributed by atoms with Gasteiger partial charge in [-0.15, -0.1) is 0 Å². The van der Waals surface area contributed by atoms with E-state index in [1.54, 1.807) is 0 Å². The molecule has 1 aromatic heterocycles. The molecule has 2 amide bonds. The van der Waals surface area contributed by atoms with E-state index in [9.17, 15) is 9.59 Å². The molecule has 0 radical (unpaired) electrons. The van der Waals surface area contributed by atoms with Crippen LogP contribution < -0.4 is 5.32 Å². The zero-order valence-electron chi connectivity index (χ0n) is 14.1. The van der Waals surface area contributed by atoms with Gasteiger partial charge in [0, 0.05) is 36.7 Å². The van der Waals surface area contributed by atoms with Gasteiger partial charge in [0.15, 0.2) is 0 Å². The average molecular weight is 330 g/mol. The Morgan fingerprint density at radius 2 is 1.92 bits per heavy atom. The number of aromatic amines is 1. The van der Waals surface area contributed by atoms with Crippen molar-refractivity contribution in [3.63, 3.8) is 0 Å². The average Bonchev–Trinajstić information content (AvgIpc) is 3.01. The van der Waals surface area contributed by atoms with E-state index in [-0.39, 0.29) is 23.8 Å². The van der Waals surface area contributed by atoms with Crippen molar-refractivity contribution >= 4 is 11.8 Å². The van der Waals surface area contributed by atoms with Crippen LogP contribution in [0.25, 0.3) is 0 Å². The fraction of sp³-hybridized carbons (Fsp3) is 0.722. The molecule has 1 atom stereocenters. The van der Waals surface area contributed by atoms with E-state index < -0.39 is 0 Å². The minimum atomic E-state index is 0.0567. The number of H-pyrrole nitrogens is 1. The minimum absolute atomic E-state index is 0.0567. The lowest BCUT2D eigenvalue weighted by atomic mass is 9.83. The molecule has 4 rings (SSSR count). The summed E-state index contributed by atoms with van der Waals surface area (Å²) in [6.45, 7) is 1.48. The molecular weight excluding hydrogens is 304 g/mol. The van der Waals surface area contributed by atoms with E-state index in [0.717, 1.165) is 58.0 Å². The van der Waals surface area contributed by atoms with Crippen molar-refractivity contribution < 1.29 is 9.59 Å². The Kier molecular flexibility index (Phi) is 4.29. The van der Waals surface area contributed by atoms with Crippen LogP contribution in [0.15, 0.2) is 6.20 Å². The highest BCUT2D eigenvalue weighted by Gasteiger charge is 2.34. The molecule has 0 bridgehead atoms. The smallest absolute Gasteiger partial charge is 0.225 e. The molecule has 0 spiro atoms. The van der Waals surface area contributed by atoms with Crippen LogP contribution in [-0.4, -0.2) is 46.0 Å². The normalized spacial score (nSPS) is 25.0.